The van der Waals surface area contributed by atoms with Crippen molar-refractivity contribution in [2.24, 2.45) is 0 Å². The molecule has 174 valence electrons. The summed E-state index contributed by atoms with van der Waals surface area (Å²) in [5.41, 5.74) is 2.54. The molecule has 1 heterocycles. The maximum absolute atomic E-state index is 13.8. The van der Waals surface area contributed by atoms with Crippen LogP contribution in [-0.4, -0.2) is 43.4 Å². The summed E-state index contributed by atoms with van der Waals surface area (Å²) in [7, 11) is 3.28. The first-order valence-electron chi connectivity index (χ1n) is 11.0. The van der Waals surface area contributed by atoms with Crippen molar-refractivity contribution in [1.82, 2.24) is 4.90 Å². The van der Waals surface area contributed by atoms with E-state index in [0.717, 1.165) is 5.56 Å². The molecule has 3 aromatic carbocycles. The van der Waals surface area contributed by atoms with Gasteiger partial charge in [0.05, 0.1) is 36.9 Å². The van der Waals surface area contributed by atoms with Crippen LogP contribution in [0, 0.1) is 0 Å². The number of likely N-dealkylation sites (N-methyl/N-ethyl adjacent to an activating group) is 1. The van der Waals surface area contributed by atoms with Crippen molar-refractivity contribution < 1.29 is 23.9 Å². The van der Waals surface area contributed by atoms with Crippen LogP contribution in [0.15, 0.2) is 72.8 Å². The highest BCUT2D eigenvalue weighted by Gasteiger charge is 2.42. The molecule has 0 spiro atoms. The van der Waals surface area contributed by atoms with Gasteiger partial charge in [0.15, 0.2) is 0 Å². The van der Waals surface area contributed by atoms with Gasteiger partial charge in [0, 0.05) is 12.6 Å². The second kappa shape index (κ2) is 9.79. The predicted octanol–water partition coefficient (Wildman–Crippen LogP) is 4.42. The standard InChI is InChI=1S/C27H26N2O5/c1-4-34-27(32)21-11-7-8-12-22(21)28-25(30)23-19-9-5-6-10-20(19)26(31)29(2)24(23)17-13-15-18(33-3)16-14-17/h5-16,23-24H,4H2,1-3H3,(H,28,30). The highest BCUT2D eigenvalue weighted by atomic mass is 16.5. The zero-order valence-corrected chi connectivity index (χ0v) is 19.3. The third kappa shape index (κ3) is 4.24. The molecule has 2 unspecified atom stereocenters. The normalized spacial score (nSPS) is 17.0. The van der Waals surface area contributed by atoms with Gasteiger partial charge >= 0.3 is 5.97 Å². The number of anilines is 1. The quantitative estimate of drug-likeness (QED) is 0.553. The van der Waals surface area contributed by atoms with E-state index >= 15 is 0 Å². The number of rotatable bonds is 6. The first-order chi connectivity index (χ1) is 16.5. The maximum atomic E-state index is 13.8. The van der Waals surface area contributed by atoms with E-state index in [0.29, 0.717) is 22.6 Å². The summed E-state index contributed by atoms with van der Waals surface area (Å²) in [5, 5.41) is 2.92. The SMILES string of the molecule is CCOC(=O)c1ccccc1NC(=O)C1c2ccccc2C(=O)N(C)C1c1ccc(OC)cc1. The Bertz CT molecular complexity index is 1220. The molecule has 1 aliphatic heterocycles. The van der Waals surface area contributed by atoms with E-state index in [1.54, 1.807) is 80.6 Å². The van der Waals surface area contributed by atoms with E-state index in [1.165, 1.54) is 0 Å². The lowest BCUT2D eigenvalue weighted by molar-refractivity contribution is -0.119. The molecule has 1 N–H and O–H groups in total. The molecule has 0 saturated carbocycles. The van der Waals surface area contributed by atoms with Crippen molar-refractivity contribution in [2.45, 2.75) is 18.9 Å². The number of nitrogens with zero attached hydrogens (tertiary/aromatic N) is 1. The number of hydrogen-bond donors (Lipinski definition) is 1. The fraction of sp³-hybridized carbons (Fsp3) is 0.222. The molecule has 0 saturated heterocycles. The van der Waals surface area contributed by atoms with Crippen LogP contribution in [0.25, 0.3) is 0 Å². The molecule has 0 aliphatic carbocycles. The van der Waals surface area contributed by atoms with Crippen LogP contribution in [0.4, 0.5) is 5.69 Å². The molecule has 34 heavy (non-hydrogen) atoms. The number of amides is 2. The third-order valence-corrected chi connectivity index (χ3v) is 6.00. The lowest BCUT2D eigenvalue weighted by Crippen LogP contribution is -2.44. The molecule has 7 nitrogen and oxygen atoms in total. The largest absolute Gasteiger partial charge is 0.497 e. The monoisotopic (exact) mass is 458 g/mol. The molecule has 0 aromatic heterocycles. The molecule has 0 fully saturated rings. The predicted molar refractivity (Wildman–Crippen MR) is 128 cm³/mol. The lowest BCUT2D eigenvalue weighted by Gasteiger charge is -2.39. The molecule has 2 atom stereocenters. The van der Waals surface area contributed by atoms with Crippen molar-refractivity contribution in [3.8, 4) is 5.75 Å². The summed E-state index contributed by atoms with van der Waals surface area (Å²) >= 11 is 0. The summed E-state index contributed by atoms with van der Waals surface area (Å²) in [6.07, 6.45) is 0. The van der Waals surface area contributed by atoms with Crippen LogP contribution in [0.3, 0.4) is 0 Å². The number of methoxy groups -OCH3 is 1. The number of ether oxygens (including phenoxy) is 2. The number of hydrogen-bond acceptors (Lipinski definition) is 5. The van der Waals surface area contributed by atoms with Crippen molar-refractivity contribution in [3.05, 3.63) is 95.1 Å². The molecule has 4 rings (SSSR count). The Balaban J connectivity index is 1.78. The van der Waals surface area contributed by atoms with Crippen LogP contribution in [0.2, 0.25) is 0 Å². The average molecular weight is 459 g/mol. The number of nitrogens with one attached hydrogen (secondary N) is 1. The smallest absolute Gasteiger partial charge is 0.340 e. The van der Waals surface area contributed by atoms with Crippen molar-refractivity contribution >= 4 is 23.5 Å². The molecule has 0 radical (unpaired) electrons. The number of fused-ring (bicyclic) bond motifs is 1. The number of esters is 1. The van der Waals surface area contributed by atoms with Gasteiger partial charge in [-0.05, 0) is 48.4 Å². The van der Waals surface area contributed by atoms with Crippen LogP contribution in [0.1, 0.15) is 50.7 Å². The van der Waals surface area contributed by atoms with E-state index in [4.69, 9.17) is 9.47 Å². The molecule has 2 amide bonds. The second-order valence-corrected chi connectivity index (χ2v) is 7.95. The summed E-state index contributed by atoms with van der Waals surface area (Å²) in [4.78, 5) is 41.0. The minimum Gasteiger partial charge on any atom is -0.497 e. The topological polar surface area (TPSA) is 84.9 Å². The van der Waals surface area contributed by atoms with E-state index < -0.39 is 17.9 Å². The summed E-state index contributed by atoms with van der Waals surface area (Å²) in [5.74, 6) is -1.03. The Morgan fingerprint density at radius 3 is 2.35 bits per heavy atom. The van der Waals surface area contributed by atoms with Gasteiger partial charge in [0.1, 0.15) is 5.75 Å². The zero-order chi connectivity index (χ0) is 24.2. The maximum Gasteiger partial charge on any atom is 0.340 e. The van der Waals surface area contributed by atoms with Crippen molar-refractivity contribution in [3.63, 3.8) is 0 Å². The van der Waals surface area contributed by atoms with Gasteiger partial charge in [0.2, 0.25) is 5.91 Å². The molecule has 0 bridgehead atoms. The minimum atomic E-state index is -0.706. The summed E-state index contributed by atoms with van der Waals surface area (Å²) < 4.78 is 10.4. The molecular formula is C27H26N2O5. The molecule has 3 aromatic rings. The summed E-state index contributed by atoms with van der Waals surface area (Å²) in [6.45, 7) is 1.95. The second-order valence-electron chi connectivity index (χ2n) is 7.95. The zero-order valence-electron chi connectivity index (χ0n) is 19.3. The Morgan fingerprint density at radius 2 is 1.65 bits per heavy atom. The van der Waals surface area contributed by atoms with Gasteiger partial charge in [-0.25, -0.2) is 4.79 Å². The van der Waals surface area contributed by atoms with Crippen LogP contribution in [0.5, 0.6) is 5.75 Å². The van der Waals surface area contributed by atoms with Crippen molar-refractivity contribution in [2.75, 3.05) is 26.1 Å². The number of carbonyl (C=O) groups is 3. The van der Waals surface area contributed by atoms with Crippen LogP contribution < -0.4 is 10.1 Å². The Kier molecular flexibility index (Phi) is 6.63. The number of benzene rings is 3. The van der Waals surface area contributed by atoms with Gasteiger partial charge in [-0.15, -0.1) is 0 Å². The van der Waals surface area contributed by atoms with Crippen LogP contribution in [-0.2, 0) is 9.53 Å². The Hall–Kier alpha value is -4.13. The minimum absolute atomic E-state index is 0.160. The highest BCUT2D eigenvalue weighted by molar-refractivity contribution is 6.06. The number of para-hydroxylation sites is 1. The molecule has 7 heteroatoms. The first kappa shape index (κ1) is 23.0. The van der Waals surface area contributed by atoms with Gasteiger partial charge in [-0.2, -0.15) is 0 Å². The number of carbonyl (C=O) groups excluding carboxylic acids is 3. The van der Waals surface area contributed by atoms with E-state index in [9.17, 15) is 14.4 Å². The van der Waals surface area contributed by atoms with Crippen LogP contribution >= 0.6 is 0 Å². The summed E-state index contributed by atoms with van der Waals surface area (Å²) in [6, 6.07) is 20.6. The Labute approximate surface area is 198 Å². The van der Waals surface area contributed by atoms with E-state index in [1.807, 2.05) is 18.2 Å². The van der Waals surface area contributed by atoms with Crippen molar-refractivity contribution in [1.29, 1.82) is 0 Å². The van der Waals surface area contributed by atoms with Gasteiger partial charge in [-0.3, -0.25) is 9.59 Å². The molecule has 1 aliphatic rings. The van der Waals surface area contributed by atoms with Gasteiger partial charge in [-0.1, -0.05) is 42.5 Å². The molecular weight excluding hydrogens is 432 g/mol. The fourth-order valence-corrected chi connectivity index (χ4v) is 4.36. The van der Waals surface area contributed by atoms with E-state index in [2.05, 4.69) is 5.32 Å². The third-order valence-electron chi connectivity index (χ3n) is 6.00. The first-order valence-corrected chi connectivity index (χ1v) is 11.0. The van der Waals surface area contributed by atoms with E-state index in [-0.39, 0.29) is 24.0 Å². The van der Waals surface area contributed by atoms with Gasteiger partial charge < -0.3 is 19.7 Å². The highest BCUT2D eigenvalue weighted by Crippen LogP contribution is 2.43. The lowest BCUT2D eigenvalue weighted by atomic mass is 9.79. The fourth-order valence-electron chi connectivity index (χ4n) is 4.36. The Morgan fingerprint density at radius 1 is 0.971 bits per heavy atom. The van der Waals surface area contributed by atoms with Gasteiger partial charge in [0.25, 0.3) is 5.91 Å². The average Bonchev–Trinajstić information content (AvgIpc) is 2.86.